The van der Waals surface area contributed by atoms with Crippen LogP contribution in [-0.2, 0) is 82.0 Å². The molecular formula is C77H102BCl5N20O15S3Si2. The fourth-order valence-electron chi connectivity index (χ4n) is 12.1. The van der Waals surface area contributed by atoms with E-state index in [0.717, 1.165) is 34.2 Å². The van der Waals surface area contributed by atoms with Crippen LogP contribution >= 0.6 is 58.0 Å². The predicted octanol–water partition coefficient (Wildman–Crippen LogP) is 11.8. The van der Waals surface area contributed by atoms with Gasteiger partial charge in [0.15, 0.2) is 29.3 Å². The molecular weight excluding hydrogens is 1790 g/mol. The van der Waals surface area contributed by atoms with E-state index in [4.69, 9.17) is 131 Å². The molecule has 5 N–H and O–H groups in total. The summed E-state index contributed by atoms with van der Waals surface area (Å²) in [6.45, 7) is 24.7. The lowest BCUT2D eigenvalue weighted by atomic mass is 9.79. The monoisotopic (exact) mass is 1880 g/mol. The van der Waals surface area contributed by atoms with Crippen molar-refractivity contribution in [2.24, 2.45) is 8.73 Å². The van der Waals surface area contributed by atoms with Crippen molar-refractivity contribution in [3.63, 3.8) is 0 Å². The van der Waals surface area contributed by atoms with E-state index in [1.807, 2.05) is 80.8 Å². The SMILES string of the molecule is CC1(C)OB(c2ccc(-c3nc4c(cc3Cl)nc(O[C@@H]3CO[C@H]5[C@@H]3OC[C@H]5O)n4COCC[Si](C)(C)C)cc2)OC1(C)C.CN(C)S(C)(=O)=Nc1cnc(-c2ccc(-c3nc4c(cc3Cl)nc(O[C@@H]3CO[C@H]5[C@@H]3OC[C@H]5O)n4COCC[Si](C)(C)C)cc2)nc1.CN(C)S(C)(=O)=Nc1cnc(Cl)nc1.CS(=O)Nc1cnc(Cl)nc1.Nc1cnc(Cl)nc1. The molecule has 5 saturated heterocycles. The van der Waals surface area contributed by atoms with Crippen LogP contribution in [0.4, 0.5) is 22.7 Å². The molecule has 13 heterocycles. The number of imidazole rings is 2. The molecule has 5 aliphatic rings. The Balaban J connectivity index is 0.000000175. The summed E-state index contributed by atoms with van der Waals surface area (Å²) in [5.74, 6) is 0.504. The molecule has 3 unspecified atom stereocenters. The number of benzene rings is 2. The highest BCUT2D eigenvalue weighted by Crippen LogP contribution is 2.40. The van der Waals surface area contributed by atoms with Gasteiger partial charge in [0.2, 0.25) is 15.9 Å². The van der Waals surface area contributed by atoms with E-state index in [2.05, 4.69) is 92.6 Å². The lowest BCUT2D eigenvalue weighted by Crippen LogP contribution is -2.41. The zero-order valence-electron chi connectivity index (χ0n) is 71.1. The third kappa shape index (κ3) is 25.8. The van der Waals surface area contributed by atoms with Gasteiger partial charge in [0.05, 0.1) is 120 Å². The van der Waals surface area contributed by atoms with Gasteiger partial charge in [-0.1, -0.05) is 111 Å². The third-order valence-electron chi connectivity index (χ3n) is 20.0. The number of ether oxygens (including phenoxy) is 8. The molecule has 11 atom stereocenters. The highest BCUT2D eigenvalue weighted by Gasteiger charge is 2.53. The number of hydrogen-bond acceptors (Lipinski definition) is 30. The van der Waals surface area contributed by atoms with Gasteiger partial charge in [-0.2, -0.15) is 18.7 Å². The summed E-state index contributed by atoms with van der Waals surface area (Å²) in [5.41, 5.74) is 13.3. The van der Waals surface area contributed by atoms with E-state index in [9.17, 15) is 22.8 Å². The first-order valence-electron chi connectivity index (χ1n) is 38.8. The molecule has 664 valence electrons. The van der Waals surface area contributed by atoms with Crippen molar-refractivity contribution in [3.05, 3.63) is 136 Å². The number of nitrogens with one attached hydrogen (secondary N) is 1. The average Bonchev–Trinajstić information content (AvgIpc) is 1.63. The van der Waals surface area contributed by atoms with Gasteiger partial charge in [-0.3, -0.25) is 9.13 Å². The standard InChI is InChI=1S/C31H40ClN7O6SSi.C30H41BClN3O7Si.C7H11ClN4OS.C5H6ClN3OS.C4H4ClN3/c1-38(2)46(3,41)37-21-14-33-29(34-15-21)20-9-7-19(8-10-20)26-22(32)13-23-30(36-26)39(18-42-11-12-47(4,5)6)31(35-23)45-25-17-44-27-24(40)16-43-28(25)27;1-29(2)30(3,4)42-31(41-29)19-10-8-18(9-11-19)24-20(32)14-21-27(34-24)35(17-37-12-13-43(5,6)7)28(33-21)40-23-16-39-25-22(36)15-38-26(23)25;1-12(2)14(3,13)11-6-4-9-7(8)10-5-6;1-11(10)9-4-2-7-5(6)8-3-4;5-4-7-1-3(6)2-8-4/h7-10,13-15,24-25,27-28,40H,11-12,16-18H2,1-6H3;8-11,14,22-23,25-26,36H,12-13,15-17H2,1-7H3;4-5H,1-3H3;2-3,9H,1H3;1-2H,6H2/t24-,25-,27-,28-,46?;22-,23-,25-,26-;;;/m11.../s1. The summed E-state index contributed by atoms with van der Waals surface area (Å²) < 4.78 is 113. The van der Waals surface area contributed by atoms with Gasteiger partial charge in [0, 0.05) is 93.0 Å². The molecule has 8 aromatic heterocycles. The van der Waals surface area contributed by atoms with Crippen LogP contribution in [0.25, 0.3) is 56.2 Å². The van der Waals surface area contributed by atoms with Crippen LogP contribution in [0.3, 0.4) is 0 Å². The number of hydrogen-bond donors (Lipinski definition) is 4. The molecule has 5 aliphatic heterocycles. The van der Waals surface area contributed by atoms with Crippen LogP contribution in [-0.4, -0.2) is 270 Å². The number of fused-ring (bicyclic) bond motifs is 4. The zero-order valence-corrected chi connectivity index (χ0v) is 79.3. The summed E-state index contributed by atoms with van der Waals surface area (Å²) in [6, 6.07) is 21.8. The highest BCUT2D eigenvalue weighted by atomic mass is 35.5. The van der Waals surface area contributed by atoms with Crippen molar-refractivity contribution in [1.82, 2.24) is 77.6 Å². The fraction of sp³-hybridized carbons (Fsp3) is 0.481. The molecule has 46 heteroatoms. The van der Waals surface area contributed by atoms with Crippen molar-refractivity contribution in [2.45, 2.75) is 153 Å². The van der Waals surface area contributed by atoms with Gasteiger partial charge in [-0.05, 0) is 92.2 Å². The van der Waals surface area contributed by atoms with E-state index >= 15 is 0 Å². The van der Waals surface area contributed by atoms with Crippen LogP contribution in [0.2, 0.25) is 77.3 Å². The first-order valence-corrected chi connectivity index (χ1v) is 53.4. The minimum Gasteiger partial charge on any atom is -0.456 e. The first kappa shape index (κ1) is 96.4. The number of nitrogens with two attached hydrogens (primary N) is 1. The number of aliphatic hydroxyl groups is 2. The first-order chi connectivity index (χ1) is 57.9. The Kier molecular flexibility index (Phi) is 32.3. The topological polar surface area (TPSA) is 418 Å². The molecule has 0 bridgehead atoms. The Morgan fingerprint density at radius 3 is 1.31 bits per heavy atom. The minimum atomic E-state index is -2.54. The molecule has 0 aliphatic carbocycles. The second-order valence-corrected chi connectivity index (χ2v) is 52.0. The van der Waals surface area contributed by atoms with Crippen molar-refractivity contribution in [2.75, 3.05) is 97.1 Å². The number of nitrogen functional groups attached to an aromatic ring is 1. The summed E-state index contributed by atoms with van der Waals surface area (Å²) in [7, 11) is -2.24. The molecule has 0 spiro atoms. The average molecular weight is 1890 g/mol. The maximum atomic E-state index is 12.6. The van der Waals surface area contributed by atoms with Gasteiger partial charge in [-0.15, -0.1) is 0 Å². The molecule has 10 aromatic rings. The van der Waals surface area contributed by atoms with Crippen LogP contribution < -0.4 is 25.4 Å². The van der Waals surface area contributed by atoms with Gasteiger partial charge in [0.1, 0.15) is 103 Å². The van der Waals surface area contributed by atoms with Crippen molar-refractivity contribution in [3.8, 4) is 45.9 Å². The van der Waals surface area contributed by atoms with Gasteiger partial charge >= 0.3 is 19.1 Å². The fourth-order valence-corrected chi connectivity index (χ4v) is 16.1. The number of anilines is 2. The number of pyridine rings is 2. The summed E-state index contributed by atoms with van der Waals surface area (Å²) in [5, 5.41) is 21.8. The zero-order chi connectivity index (χ0) is 89.3. The maximum Gasteiger partial charge on any atom is 0.494 e. The number of aromatic nitrogens is 14. The second kappa shape index (κ2) is 41.2. The van der Waals surface area contributed by atoms with Crippen LogP contribution in [0, 0.1) is 0 Å². The smallest absolute Gasteiger partial charge is 0.456 e. The Hall–Kier alpha value is -7.28. The largest absolute Gasteiger partial charge is 0.494 e. The van der Waals surface area contributed by atoms with Gasteiger partial charge in [0.25, 0.3) is 0 Å². The molecule has 0 amide bonds. The second-order valence-electron chi connectivity index (χ2n) is 33.0. The number of nitrogens with zero attached hydrogens (tertiary/aromatic N) is 18. The van der Waals surface area contributed by atoms with Gasteiger partial charge in [-0.25, -0.2) is 71.1 Å². The Morgan fingerprint density at radius 2 is 0.927 bits per heavy atom. The van der Waals surface area contributed by atoms with E-state index in [0.29, 0.717) is 104 Å². The number of rotatable bonds is 24. The normalized spacial score (nSPS) is 21.3. The molecule has 35 nitrogen and oxygen atoms in total. The lowest BCUT2D eigenvalue weighted by Gasteiger charge is -2.32. The van der Waals surface area contributed by atoms with Crippen LogP contribution in [0.5, 0.6) is 12.0 Å². The van der Waals surface area contributed by atoms with Gasteiger partial charge < -0.3 is 67.9 Å². The maximum absolute atomic E-state index is 12.6. The molecule has 15 rings (SSSR count). The van der Waals surface area contributed by atoms with Crippen LogP contribution in [0.15, 0.2) is 119 Å². The van der Waals surface area contributed by atoms with E-state index in [1.54, 1.807) is 78.4 Å². The molecule has 0 radical (unpaired) electrons. The van der Waals surface area contributed by atoms with E-state index < -0.39 is 108 Å². The summed E-state index contributed by atoms with van der Waals surface area (Å²) in [4.78, 5) is 50.3. The minimum absolute atomic E-state index is 0.149. The number of aliphatic hydroxyl groups excluding tert-OH is 2. The summed E-state index contributed by atoms with van der Waals surface area (Å²) >= 11 is 29.8. The molecule has 2 aromatic carbocycles. The third-order valence-corrected chi connectivity index (χ3v) is 28.9. The quantitative estimate of drug-likeness (QED) is 0.0248. The molecule has 0 saturated carbocycles. The van der Waals surface area contributed by atoms with Crippen LogP contribution in [0.1, 0.15) is 27.7 Å². The highest BCUT2D eigenvalue weighted by molar-refractivity contribution is 7.91. The van der Waals surface area contributed by atoms with E-state index in [-0.39, 0.29) is 55.2 Å². The predicted molar refractivity (Wildman–Crippen MR) is 484 cm³/mol. The Morgan fingerprint density at radius 1 is 0.561 bits per heavy atom. The van der Waals surface area contributed by atoms with Crippen molar-refractivity contribution in [1.29, 1.82) is 0 Å². The van der Waals surface area contributed by atoms with E-state index in [1.165, 1.54) is 43.4 Å². The molecule has 5 fully saturated rings. The summed E-state index contributed by atoms with van der Waals surface area (Å²) in [6.07, 6.45) is 12.6. The lowest BCUT2D eigenvalue weighted by molar-refractivity contribution is 0.00332. The number of halogens is 5. The molecule has 123 heavy (non-hydrogen) atoms. The Labute approximate surface area is 745 Å². The van der Waals surface area contributed by atoms with Crippen molar-refractivity contribution < 1.29 is 70.0 Å². The Bertz CT molecular complexity index is 5520. The van der Waals surface area contributed by atoms with Crippen molar-refractivity contribution >= 4 is 163 Å².